The van der Waals surface area contributed by atoms with Gasteiger partial charge in [0.15, 0.2) is 5.82 Å². The fourth-order valence-corrected chi connectivity index (χ4v) is 3.86. The predicted molar refractivity (Wildman–Crippen MR) is 92.1 cm³/mol. The molecule has 2 aromatic heterocycles. The normalized spacial score (nSPS) is 21.8. The van der Waals surface area contributed by atoms with Crippen molar-refractivity contribution in [2.24, 2.45) is 7.05 Å². The standard InChI is InChI=1S/C17H24N6O/c1-12-15(11-18-23(12)13-5-3-4-6-13)19-14-7-10-22(17(14)24)16-8-9-21(2)20-16/h8-9,11,13-14,19H,3-7,10H2,1-2H3. The maximum Gasteiger partial charge on any atom is 0.250 e. The number of aromatic nitrogens is 4. The maximum absolute atomic E-state index is 12.7. The van der Waals surface area contributed by atoms with E-state index in [9.17, 15) is 4.79 Å². The molecule has 1 saturated carbocycles. The molecule has 1 amide bonds. The molecule has 1 N–H and O–H groups in total. The van der Waals surface area contributed by atoms with Gasteiger partial charge >= 0.3 is 0 Å². The molecular formula is C17H24N6O. The van der Waals surface area contributed by atoms with E-state index in [1.807, 2.05) is 25.5 Å². The Balaban J connectivity index is 1.47. The van der Waals surface area contributed by atoms with Crippen molar-refractivity contribution in [1.82, 2.24) is 19.6 Å². The van der Waals surface area contributed by atoms with Crippen molar-refractivity contribution in [3.05, 3.63) is 24.2 Å². The topological polar surface area (TPSA) is 68.0 Å². The Bertz CT molecular complexity index is 742. The Hall–Kier alpha value is -2.31. The highest BCUT2D eigenvalue weighted by atomic mass is 16.2. The molecule has 2 aromatic rings. The van der Waals surface area contributed by atoms with E-state index >= 15 is 0 Å². The zero-order chi connectivity index (χ0) is 16.7. The molecule has 2 aliphatic rings. The molecule has 4 rings (SSSR count). The van der Waals surface area contributed by atoms with Crippen LogP contribution in [0.4, 0.5) is 11.5 Å². The van der Waals surface area contributed by atoms with Crippen molar-refractivity contribution in [3.8, 4) is 0 Å². The summed E-state index contributed by atoms with van der Waals surface area (Å²) in [5, 5.41) is 12.3. The van der Waals surface area contributed by atoms with Crippen LogP contribution < -0.4 is 10.2 Å². The zero-order valence-corrected chi connectivity index (χ0v) is 14.3. The van der Waals surface area contributed by atoms with Crippen molar-refractivity contribution < 1.29 is 4.79 Å². The highest BCUT2D eigenvalue weighted by molar-refractivity contribution is 6.00. The minimum atomic E-state index is -0.202. The van der Waals surface area contributed by atoms with E-state index in [-0.39, 0.29) is 11.9 Å². The zero-order valence-electron chi connectivity index (χ0n) is 14.3. The quantitative estimate of drug-likeness (QED) is 0.935. The molecule has 1 saturated heterocycles. The van der Waals surface area contributed by atoms with Crippen LogP contribution in [0.2, 0.25) is 0 Å². The Morgan fingerprint density at radius 2 is 2.04 bits per heavy atom. The van der Waals surface area contributed by atoms with Gasteiger partial charge < -0.3 is 5.32 Å². The van der Waals surface area contributed by atoms with Gasteiger partial charge in [-0.15, -0.1) is 0 Å². The summed E-state index contributed by atoms with van der Waals surface area (Å²) in [7, 11) is 1.86. The van der Waals surface area contributed by atoms with Crippen LogP contribution in [0.25, 0.3) is 0 Å². The molecule has 0 bridgehead atoms. The molecule has 24 heavy (non-hydrogen) atoms. The third kappa shape index (κ3) is 2.57. The van der Waals surface area contributed by atoms with Crippen LogP contribution in [0.3, 0.4) is 0 Å². The second-order valence-electron chi connectivity index (χ2n) is 6.85. The van der Waals surface area contributed by atoms with Crippen molar-refractivity contribution >= 4 is 17.4 Å². The highest BCUT2D eigenvalue weighted by Gasteiger charge is 2.34. The molecule has 2 fully saturated rings. The van der Waals surface area contributed by atoms with Crippen LogP contribution in [0.1, 0.15) is 43.8 Å². The number of nitrogens with one attached hydrogen (secondary N) is 1. The van der Waals surface area contributed by atoms with Gasteiger partial charge in [0.1, 0.15) is 6.04 Å². The van der Waals surface area contributed by atoms with E-state index < -0.39 is 0 Å². The summed E-state index contributed by atoms with van der Waals surface area (Å²) < 4.78 is 3.85. The lowest BCUT2D eigenvalue weighted by Gasteiger charge is -2.16. The summed E-state index contributed by atoms with van der Waals surface area (Å²) in [6, 6.07) is 2.20. The molecule has 0 spiro atoms. The lowest BCUT2D eigenvalue weighted by atomic mass is 10.2. The first kappa shape index (κ1) is 15.2. The average molecular weight is 328 g/mol. The Kier molecular flexibility index (Phi) is 3.78. The third-order valence-corrected chi connectivity index (χ3v) is 5.23. The minimum absolute atomic E-state index is 0.0849. The van der Waals surface area contributed by atoms with Crippen LogP contribution in [-0.4, -0.2) is 38.1 Å². The van der Waals surface area contributed by atoms with Gasteiger partial charge in [-0.3, -0.25) is 19.1 Å². The fourth-order valence-electron chi connectivity index (χ4n) is 3.86. The van der Waals surface area contributed by atoms with Crippen molar-refractivity contribution in [3.63, 3.8) is 0 Å². The number of carbonyl (C=O) groups excluding carboxylic acids is 1. The maximum atomic E-state index is 12.7. The van der Waals surface area contributed by atoms with Gasteiger partial charge in [0.05, 0.1) is 23.6 Å². The molecule has 1 aliphatic carbocycles. The SMILES string of the molecule is Cc1c(NC2CCN(c3ccn(C)n3)C2=O)cnn1C1CCCC1. The molecular weight excluding hydrogens is 304 g/mol. The van der Waals surface area contributed by atoms with Crippen LogP contribution in [0, 0.1) is 6.92 Å². The first-order valence-electron chi connectivity index (χ1n) is 8.75. The van der Waals surface area contributed by atoms with E-state index in [0.29, 0.717) is 12.6 Å². The van der Waals surface area contributed by atoms with E-state index in [0.717, 1.165) is 23.6 Å². The number of anilines is 2. The molecule has 0 radical (unpaired) electrons. The van der Waals surface area contributed by atoms with E-state index in [2.05, 4.69) is 27.1 Å². The Morgan fingerprint density at radius 1 is 1.25 bits per heavy atom. The van der Waals surface area contributed by atoms with Crippen molar-refractivity contribution in [2.75, 3.05) is 16.8 Å². The van der Waals surface area contributed by atoms with Gasteiger partial charge in [-0.1, -0.05) is 12.8 Å². The molecule has 7 nitrogen and oxygen atoms in total. The summed E-state index contributed by atoms with van der Waals surface area (Å²) in [5.74, 6) is 0.812. The number of rotatable bonds is 4. The van der Waals surface area contributed by atoms with Gasteiger partial charge in [0, 0.05) is 25.9 Å². The monoisotopic (exact) mass is 328 g/mol. The van der Waals surface area contributed by atoms with Gasteiger partial charge in [0.2, 0.25) is 0 Å². The summed E-state index contributed by atoms with van der Waals surface area (Å²) in [5.41, 5.74) is 2.11. The average Bonchev–Trinajstić information content (AvgIpc) is 3.32. The van der Waals surface area contributed by atoms with E-state index in [1.54, 1.807) is 9.58 Å². The number of amides is 1. The predicted octanol–water partition coefficient (Wildman–Crippen LogP) is 2.26. The minimum Gasteiger partial charge on any atom is -0.371 e. The highest BCUT2D eigenvalue weighted by Crippen LogP contribution is 2.32. The van der Waals surface area contributed by atoms with E-state index in [4.69, 9.17) is 0 Å². The molecule has 1 unspecified atom stereocenters. The van der Waals surface area contributed by atoms with Crippen LogP contribution >= 0.6 is 0 Å². The molecule has 1 atom stereocenters. The number of hydrogen-bond acceptors (Lipinski definition) is 4. The molecule has 1 aliphatic heterocycles. The Labute approximate surface area is 141 Å². The van der Waals surface area contributed by atoms with Crippen LogP contribution in [0.15, 0.2) is 18.5 Å². The molecule has 128 valence electrons. The summed E-state index contributed by atoms with van der Waals surface area (Å²) in [6.45, 7) is 2.78. The Morgan fingerprint density at radius 3 is 2.75 bits per heavy atom. The second-order valence-corrected chi connectivity index (χ2v) is 6.85. The molecule has 0 aromatic carbocycles. The molecule has 3 heterocycles. The van der Waals surface area contributed by atoms with Crippen LogP contribution in [-0.2, 0) is 11.8 Å². The van der Waals surface area contributed by atoms with Gasteiger partial charge in [0.25, 0.3) is 5.91 Å². The van der Waals surface area contributed by atoms with Crippen molar-refractivity contribution in [2.45, 2.75) is 51.1 Å². The van der Waals surface area contributed by atoms with E-state index in [1.165, 1.54) is 25.7 Å². The number of carbonyl (C=O) groups is 1. The first-order chi connectivity index (χ1) is 11.6. The fraction of sp³-hybridized carbons (Fsp3) is 0.588. The summed E-state index contributed by atoms with van der Waals surface area (Å²) in [6.07, 6.45) is 9.49. The van der Waals surface area contributed by atoms with Crippen LogP contribution in [0.5, 0.6) is 0 Å². The molecule has 7 heteroatoms. The lowest BCUT2D eigenvalue weighted by Crippen LogP contribution is -2.33. The van der Waals surface area contributed by atoms with Gasteiger partial charge in [-0.2, -0.15) is 10.2 Å². The summed E-state index contributed by atoms with van der Waals surface area (Å²) in [4.78, 5) is 14.4. The van der Waals surface area contributed by atoms with Crippen molar-refractivity contribution in [1.29, 1.82) is 0 Å². The number of hydrogen-bond donors (Lipinski definition) is 1. The third-order valence-electron chi connectivity index (χ3n) is 5.23. The number of nitrogens with zero attached hydrogens (tertiary/aromatic N) is 5. The van der Waals surface area contributed by atoms with Gasteiger partial charge in [-0.25, -0.2) is 0 Å². The smallest absolute Gasteiger partial charge is 0.250 e. The number of aryl methyl sites for hydroxylation is 1. The first-order valence-corrected chi connectivity index (χ1v) is 8.75. The van der Waals surface area contributed by atoms with Gasteiger partial charge in [-0.05, 0) is 26.2 Å². The summed E-state index contributed by atoms with van der Waals surface area (Å²) >= 11 is 0. The largest absolute Gasteiger partial charge is 0.371 e. The lowest BCUT2D eigenvalue weighted by molar-refractivity contribution is -0.117. The second kappa shape index (κ2) is 5.96.